The van der Waals surface area contributed by atoms with E-state index in [1.54, 1.807) is 7.05 Å². The van der Waals surface area contributed by atoms with Crippen LogP contribution in [-0.2, 0) is 11.4 Å². The second-order valence-electron chi connectivity index (χ2n) is 4.81. The molecule has 2 aromatic rings. The molecule has 5 heteroatoms. The van der Waals surface area contributed by atoms with Crippen LogP contribution in [0, 0.1) is 13.0 Å². The first-order valence-corrected chi connectivity index (χ1v) is 7.46. The molecule has 0 N–H and O–H groups in total. The van der Waals surface area contributed by atoms with Crippen molar-refractivity contribution in [3.63, 3.8) is 0 Å². The van der Waals surface area contributed by atoms with Gasteiger partial charge in [-0.05, 0) is 36.2 Å². The largest absolute Gasteiger partial charge is 0.489 e. The van der Waals surface area contributed by atoms with Gasteiger partial charge in [-0.25, -0.2) is 0 Å². The summed E-state index contributed by atoms with van der Waals surface area (Å²) in [4.78, 5) is 8.77. The van der Waals surface area contributed by atoms with Crippen LogP contribution in [-0.4, -0.2) is 19.9 Å². The third-order valence-electron chi connectivity index (χ3n) is 3.19. The normalized spacial score (nSPS) is 10.7. The van der Waals surface area contributed by atoms with Crippen LogP contribution < -0.4 is 4.74 Å². The molecule has 0 aliphatic heterocycles. The standard InChI is InChI=1S/C18H18ClN2O2/c1-13-10-15(19)8-9-18(13)23-12-14-6-4-5-7-16(14)17(11-20-2)21-22-3/h4-10H,12H2,1-3H3/q+1. The minimum absolute atomic E-state index is 0.396. The maximum atomic E-state index is 5.97. The van der Waals surface area contributed by atoms with Crippen molar-refractivity contribution in [2.24, 2.45) is 5.16 Å². The number of benzene rings is 2. The molecule has 0 aliphatic rings. The molecule has 2 rings (SSSR count). The average Bonchev–Trinajstić information content (AvgIpc) is 2.54. The van der Waals surface area contributed by atoms with Gasteiger partial charge in [0.05, 0.1) is 0 Å². The van der Waals surface area contributed by atoms with Crippen molar-refractivity contribution < 1.29 is 9.57 Å². The van der Waals surface area contributed by atoms with E-state index in [0.717, 1.165) is 22.4 Å². The van der Waals surface area contributed by atoms with Crippen molar-refractivity contribution in [1.82, 2.24) is 0 Å². The molecule has 0 spiro atoms. The monoisotopic (exact) mass is 329 g/mol. The molecule has 0 aliphatic carbocycles. The second kappa shape index (κ2) is 8.21. The SMILES string of the molecule is C[N+]#CC(=NOC)c1ccccc1COc1ccc(Cl)cc1C. The summed E-state index contributed by atoms with van der Waals surface area (Å²) in [6.07, 6.45) is 0. The number of rotatable bonds is 5. The molecule has 0 amide bonds. The van der Waals surface area contributed by atoms with Gasteiger partial charge in [0, 0.05) is 10.6 Å². The first kappa shape index (κ1) is 16.9. The lowest BCUT2D eigenvalue weighted by atomic mass is 10.0. The fourth-order valence-electron chi connectivity index (χ4n) is 2.13. The van der Waals surface area contributed by atoms with Gasteiger partial charge in [-0.3, -0.25) is 0 Å². The Morgan fingerprint density at radius 3 is 2.74 bits per heavy atom. The molecule has 0 saturated heterocycles. The lowest BCUT2D eigenvalue weighted by Crippen LogP contribution is -2.06. The molecule has 0 atom stereocenters. The van der Waals surface area contributed by atoms with Gasteiger partial charge in [-0.15, -0.1) is 0 Å². The summed E-state index contributed by atoms with van der Waals surface area (Å²) in [5, 5.41) is 4.66. The van der Waals surface area contributed by atoms with Crippen LogP contribution >= 0.6 is 11.6 Å². The zero-order chi connectivity index (χ0) is 16.7. The zero-order valence-corrected chi connectivity index (χ0v) is 14.1. The van der Waals surface area contributed by atoms with E-state index in [1.807, 2.05) is 49.4 Å². The topological polar surface area (TPSA) is 35.2 Å². The van der Waals surface area contributed by atoms with Crippen molar-refractivity contribution in [3.8, 4) is 11.8 Å². The predicted octanol–water partition coefficient (Wildman–Crippen LogP) is 4.54. The molecular weight excluding hydrogens is 312 g/mol. The number of aryl methyl sites for hydroxylation is 1. The maximum Gasteiger partial charge on any atom is 0.335 e. The lowest BCUT2D eigenvalue weighted by molar-refractivity contribution is 0.214. The fourth-order valence-corrected chi connectivity index (χ4v) is 2.36. The van der Waals surface area contributed by atoms with Gasteiger partial charge < -0.3 is 9.57 Å². The van der Waals surface area contributed by atoms with Gasteiger partial charge in [0.25, 0.3) is 7.05 Å². The maximum absolute atomic E-state index is 5.97. The Bertz CT molecular complexity index is 776. The lowest BCUT2D eigenvalue weighted by Gasteiger charge is -2.11. The quantitative estimate of drug-likeness (QED) is 0.596. The smallest absolute Gasteiger partial charge is 0.335 e. The zero-order valence-electron chi connectivity index (χ0n) is 13.3. The van der Waals surface area contributed by atoms with Crippen LogP contribution in [0.2, 0.25) is 5.02 Å². The van der Waals surface area contributed by atoms with Crippen LogP contribution in [0.25, 0.3) is 4.85 Å². The van der Waals surface area contributed by atoms with Crippen molar-refractivity contribution >= 4 is 17.3 Å². The van der Waals surface area contributed by atoms with E-state index in [-0.39, 0.29) is 0 Å². The number of hydrogen-bond acceptors (Lipinski definition) is 3. The van der Waals surface area contributed by atoms with E-state index in [1.165, 1.54) is 7.11 Å². The summed E-state index contributed by atoms with van der Waals surface area (Å²) < 4.78 is 5.91. The van der Waals surface area contributed by atoms with Gasteiger partial charge in [-0.2, -0.15) is 0 Å². The van der Waals surface area contributed by atoms with Crippen LogP contribution in [0.3, 0.4) is 0 Å². The fraction of sp³-hybridized carbons (Fsp3) is 0.222. The molecule has 0 aromatic heterocycles. The van der Waals surface area contributed by atoms with Crippen LogP contribution in [0.5, 0.6) is 5.75 Å². The molecule has 0 fully saturated rings. The van der Waals surface area contributed by atoms with Gasteiger partial charge >= 0.3 is 6.07 Å². The van der Waals surface area contributed by atoms with Crippen LogP contribution in [0.1, 0.15) is 16.7 Å². The van der Waals surface area contributed by atoms with Gasteiger partial charge in [-0.1, -0.05) is 45.9 Å². The average molecular weight is 330 g/mol. The van der Waals surface area contributed by atoms with E-state index >= 15 is 0 Å². The summed E-state index contributed by atoms with van der Waals surface area (Å²) >= 11 is 5.97. The Labute approximate surface area is 141 Å². The first-order valence-electron chi connectivity index (χ1n) is 7.09. The van der Waals surface area contributed by atoms with Crippen molar-refractivity contribution in [2.45, 2.75) is 13.5 Å². The Morgan fingerprint density at radius 1 is 1.26 bits per heavy atom. The number of nitrogens with zero attached hydrogens (tertiary/aromatic N) is 2. The van der Waals surface area contributed by atoms with Crippen LogP contribution in [0.15, 0.2) is 47.6 Å². The minimum atomic E-state index is 0.396. The van der Waals surface area contributed by atoms with Gasteiger partial charge in [0.15, 0.2) is 0 Å². The highest BCUT2D eigenvalue weighted by molar-refractivity contribution is 6.30. The number of ether oxygens (including phenoxy) is 1. The third kappa shape index (κ3) is 4.48. The molecule has 23 heavy (non-hydrogen) atoms. The molecule has 0 saturated carbocycles. The summed E-state index contributed by atoms with van der Waals surface area (Å²) in [5.41, 5.74) is 3.35. The van der Waals surface area contributed by atoms with Crippen molar-refractivity contribution in [1.29, 1.82) is 0 Å². The van der Waals surface area contributed by atoms with Gasteiger partial charge in [0.1, 0.15) is 19.5 Å². The summed E-state index contributed by atoms with van der Waals surface area (Å²) in [6, 6.07) is 16.2. The molecular formula is C18H18ClN2O2+. The van der Waals surface area contributed by atoms with E-state index in [9.17, 15) is 0 Å². The summed E-state index contributed by atoms with van der Waals surface area (Å²) in [7, 11) is 3.13. The van der Waals surface area contributed by atoms with E-state index < -0.39 is 0 Å². The highest BCUT2D eigenvalue weighted by Crippen LogP contribution is 2.23. The van der Waals surface area contributed by atoms with Gasteiger partial charge in [0.2, 0.25) is 5.71 Å². The predicted molar refractivity (Wildman–Crippen MR) is 93.7 cm³/mol. The van der Waals surface area contributed by atoms with Crippen LogP contribution in [0.4, 0.5) is 0 Å². The third-order valence-corrected chi connectivity index (χ3v) is 3.43. The van der Waals surface area contributed by atoms with Crippen molar-refractivity contribution in [3.05, 3.63) is 69.0 Å². The van der Waals surface area contributed by atoms with E-state index in [0.29, 0.717) is 17.3 Å². The minimum Gasteiger partial charge on any atom is -0.489 e. The number of hydrogen-bond donors (Lipinski definition) is 0. The molecule has 0 heterocycles. The Morgan fingerprint density at radius 2 is 2.04 bits per heavy atom. The van der Waals surface area contributed by atoms with E-state index in [2.05, 4.69) is 16.1 Å². The highest BCUT2D eigenvalue weighted by atomic mass is 35.5. The highest BCUT2D eigenvalue weighted by Gasteiger charge is 2.13. The molecule has 0 radical (unpaired) electrons. The number of halogens is 1. The Kier molecular flexibility index (Phi) is 6.02. The molecule has 118 valence electrons. The Balaban J connectivity index is 2.26. The Hall–Kier alpha value is -2.51. The molecule has 2 aromatic carbocycles. The van der Waals surface area contributed by atoms with E-state index in [4.69, 9.17) is 21.2 Å². The summed E-state index contributed by atoms with van der Waals surface area (Å²) in [5.74, 6) is 0.794. The molecule has 0 unspecified atom stereocenters. The van der Waals surface area contributed by atoms with Crippen molar-refractivity contribution in [2.75, 3.05) is 14.2 Å². The summed E-state index contributed by atoms with van der Waals surface area (Å²) in [6.45, 7) is 2.36. The first-order chi connectivity index (χ1) is 11.2. The second-order valence-corrected chi connectivity index (χ2v) is 5.25. The number of oxime groups is 1. The molecule has 4 nitrogen and oxygen atoms in total. The molecule has 0 bridgehead atoms.